The lowest BCUT2D eigenvalue weighted by molar-refractivity contribution is -0.138. The summed E-state index contributed by atoms with van der Waals surface area (Å²) in [5.74, 6) is -0.300. The second kappa shape index (κ2) is 4.17. The molecule has 14 heavy (non-hydrogen) atoms. The molecule has 1 N–H and O–H groups in total. The summed E-state index contributed by atoms with van der Waals surface area (Å²) in [6, 6.07) is 0. The van der Waals surface area contributed by atoms with E-state index in [4.69, 9.17) is 14.6 Å². The Morgan fingerprint density at radius 1 is 1.29 bits per heavy atom. The number of carboxylic acid groups (broad SMARTS) is 1. The molecule has 0 spiro atoms. The van der Waals surface area contributed by atoms with Crippen LogP contribution in [0.3, 0.4) is 0 Å². The minimum atomic E-state index is -0.902. The summed E-state index contributed by atoms with van der Waals surface area (Å²) in [6.07, 6.45) is 3.19. The molecule has 1 aliphatic carbocycles. The van der Waals surface area contributed by atoms with Crippen LogP contribution in [-0.4, -0.2) is 25.3 Å². The molecule has 0 heterocycles. The molecule has 78 valence electrons. The highest BCUT2D eigenvalue weighted by atomic mass is 16.5. The molecule has 0 aromatic rings. The smallest absolute Gasteiger partial charge is 0.314 e. The van der Waals surface area contributed by atoms with Gasteiger partial charge in [0.1, 0.15) is 11.5 Å². The lowest BCUT2D eigenvalue weighted by atomic mass is 9.93. The lowest BCUT2D eigenvalue weighted by Gasteiger charge is -2.23. The third-order valence-corrected chi connectivity index (χ3v) is 2.30. The molecular weight excluding hydrogens is 184 g/mol. The van der Waals surface area contributed by atoms with Crippen LogP contribution in [0.5, 0.6) is 0 Å². The summed E-state index contributed by atoms with van der Waals surface area (Å²) in [4.78, 5) is 10.8. The first kappa shape index (κ1) is 10.6. The van der Waals surface area contributed by atoms with E-state index < -0.39 is 11.9 Å². The predicted octanol–water partition coefficient (Wildman–Crippen LogP) is 1.40. The largest absolute Gasteiger partial charge is 0.501 e. The van der Waals surface area contributed by atoms with Gasteiger partial charge in [0.05, 0.1) is 26.1 Å². The van der Waals surface area contributed by atoms with Crippen LogP contribution in [0.4, 0.5) is 0 Å². The molecule has 1 aliphatic rings. The fourth-order valence-electron chi connectivity index (χ4n) is 1.46. The van der Waals surface area contributed by atoms with Crippen LogP contribution in [0, 0.1) is 11.8 Å². The van der Waals surface area contributed by atoms with Crippen molar-refractivity contribution in [3.05, 3.63) is 23.7 Å². The van der Waals surface area contributed by atoms with Crippen molar-refractivity contribution in [2.45, 2.75) is 6.92 Å². The Hall–Kier alpha value is -1.45. The lowest BCUT2D eigenvalue weighted by Crippen LogP contribution is -2.19. The van der Waals surface area contributed by atoms with Gasteiger partial charge < -0.3 is 14.6 Å². The molecule has 0 saturated heterocycles. The maximum atomic E-state index is 10.8. The Morgan fingerprint density at radius 3 is 2.00 bits per heavy atom. The van der Waals surface area contributed by atoms with Crippen molar-refractivity contribution in [2.24, 2.45) is 11.8 Å². The van der Waals surface area contributed by atoms with E-state index in [2.05, 4.69) is 0 Å². The summed E-state index contributed by atoms with van der Waals surface area (Å²) in [7, 11) is 3.06. The van der Waals surface area contributed by atoms with Crippen molar-refractivity contribution in [1.82, 2.24) is 0 Å². The van der Waals surface area contributed by atoms with E-state index in [-0.39, 0.29) is 5.92 Å². The number of rotatable bonds is 3. The quantitative estimate of drug-likeness (QED) is 0.744. The molecule has 0 atom stereocenters. The maximum Gasteiger partial charge on any atom is 0.314 e. The highest BCUT2D eigenvalue weighted by Gasteiger charge is 2.26. The number of carboxylic acids is 1. The predicted molar refractivity (Wildman–Crippen MR) is 50.5 cm³/mol. The molecule has 0 aromatic heterocycles. The molecule has 0 radical (unpaired) electrons. The summed E-state index contributed by atoms with van der Waals surface area (Å²) in [5, 5.41) is 8.85. The monoisotopic (exact) mass is 198 g/mol. The van der Waals surface area contributed by atoms with Crippen LogP contribution in [0.2, 0.25) is 0 Å². The van der Waals surface area contributed by atoms with E-state index in [1.54, 1.807) is 12.2 Å². The van der Waals surface area contributed by atoms with Crippen LogP contribution in [0.25, 0.3) is 0 Å². The number of carbonyl (C=O) groups is 1. The Bertz CT molecular complexity index is 268. The second-order valence-electron chi connectivity index (χ2n) is 3.13. The third kappa shape index (κ3) is 1.89. The maximum absolute atomic E-state index is 10.8. The Kier molecular flexibility index (Phi) is 3.17. The van der Waals surface area contributed by atoms with E-state index in [0.29, 0.717) is 11.5 Å². The zero-order chi connectivity index (χ0) is 10.7. The summed E-state index contributed by atoms with van der Waals surface area (Å²) in [5.41, 5.74) is 0. The first-order valence-electron chi connectivity index (χ1n) is 4.34. The molecule has 4 heteroatoms. The molecule has 0 bridgehead atoms. The normalized spacial score (nSPS) is 26.2. The van der Waals surface area contributed by atoms with Crippen LogP contribution in [0.1, 0.15) is 6.92 Å². The van der Waals surface area contributed by atoms with E-state index in [1.165, 1.54) is 14.2 Å². The van der Waals surface area contributed by atoms with Gasteiger partial charge in [-0.3, -0.25) is 4.79 Å². The topological polar surface area (TPSA) is 55.8 Å². The number of hydrogen-bond acceptors (Lipinski definition) is 3. The van der Waals surface area contributed by atoms with E-state index >= 15 is 0 Å². The SMILES string of the molecule is COC1=CC(C(=O)O)C=C(OC)C1C. The minimum absolute atomic E-state index is 0.0133. The Balaban J connectivity index is 2.96. The molecule has 0 fully saturated rings. The van der Waals surface area contributed by atoms with Crippen molar-refractivity contribution in [3.63, 3.8) is 0 Å². The Labute approximate surface area is 82.8 Å². The van der Waals surface area contributed by atoms with Gasteiger partial charge in [-0.15, -0.1) is 0 Å². The van der Waals surface area contributed by atoms with Crippen LogP contribution in [-0.2, 0) is 14.3 Å². The van der Waals surface area contributed by atoms with Crippen molar-refractivity contribution in [2.75, 3.05) is 14.2 Å². The van der Waals surface area contributed by atoms with Gasteiger partial charge in [0.25, 0.3) is 0 Å². The molecule has 0 amide bonds. The molecule has 0 saturated carbocycles. The second-order valence-corrected chi connectivity index (χ2v) is 3.13. The highest BCUT2D eigenvalue weighted by Crippen LogP contribution is 2.29. The summed E-state index contributed by atoms with van der Waals surface area (Å²) < 4.78 is 10.2. The summed E-state index contributed by atoms with van der Waals surface area (Å²) in [6.45, 7) is 1.91. The first-order valence-corrected chi connectivity index (χ1v) is 4.34. The average Bonchev–Trinajstić information content (AvgIpc) is 2.17. The molecule has 0 aliphatic heterocycles. The zero-order valence-corrected chi connectivity index (χ0v) is 8.48. The first-order chi connectivity index (χ1) is 6.60. The number of ether oxygens (including phenoxy) is 2. The Morgan fingerprint density at radius 2 is 1.71 bits per heavy atom. The number of hydrogen-bond donors (Lipinski definition) is 1. The van der Waals surface area contributed by atoms with Crippen molar-refractivity contribution in [1.29, 1.82) is 0 Å². The number of aliphatic carboxylic acids is 1. The molecule has 1 rings (SSSR count). The van der Waals surface area contributed by atoms with Gasteiger partial charge in [-0.1, -0.05) is 0 Å². The van der Waals surface area contributed by atoms with Gasteiger partial charge in [0.2, 0.25) is 0 Å². The van der Waals surface area contributed by atoms with Gasteiger partial charge in [-0.25, -0.2) is 0 Å². The standard InChI is InChI=1S/C10H14O4/c1-6-8(13-2)4-7(10(11)12)5-9(6)14-3/h4-7H,1-3H3,(H,11,12). The van der Waals surface area contributed by atoms with Crippen molar-refractivity contribution in [3.8, 4) is 0 Å². The van der Waals surface area contributed by atoms with Gasteiger partial charge in [-0.2, -0.15) is 0 Å². The summed E-state index contributed by atoms with van der Waals surface area (Å²) >= 11 is 0. The number of methoxy groups -OCH3 is 2. The van der Waals surface area contributed by atoms with Gasteiger partial charge >= 0.3 is 5.97 Å². The fraction of sp³-hybridized carbons (Fsp3) is 0.500. The molecule has 4 nitrogen and oxygen atoms in total. The van der Waals surface area contributed by atoms with Gasteiger partial charge in [0.15, 0.2) is 0 Å². The van der Waals surface area contributed by atoms with Crippen molar-refractivity contribution < 1.29 is 19.4 Å². The van der Waals surface area contributed by atoms with Crippen molar-refractivity contribution >= 4 is 5.97 Å². The molecular formula is C10H14O4. The fourth-order valence-corrected chi connectivity index (χ4v) is 1.46. The highest BCUT2D eigenvalue weighted by molar-refractivity contribution is 5.75. The minimum Gasteiger partial charge on any atom is -0.501 e. The third-order valence-electron chi connectivity index (χ3n) is 2.30. The van der Waals surface area contributed by atoms with Crippen LogP contribution < -0.4 is 0 Å². The average molecular weight is 198 g/mol. The van der Waals surface area contributed by atoms with Crippen LogP contribution in [0.15, 0.2) is 23.7 Å². The van der Waals surface area contributed by atoms with Gasteiger partial charge in [0, 0.05) is 0 Å². The van der Waals surface area contributed by atoms with E-state index in [0.717, 1.165) is 0 Å². The molecule has 0 aromatic carbocycles. The zero-order valence-electron chi connectivity index (χ0n) is 8.48. The van der Waals surface area contributed by atoms with E-state index in [1.807, 2.05) is 6.92 Å². The van der Waals surface area contributed by atoms with Crippen LogP contribution >= 0.6 is 0 Å². The van der Waals surface area contributed by atoms with E-state index in [9.17, 15) is 4.79 Å². The molecule has 0 unspecified atom stereocenters. The van der Waals surface area contributed by atoms with Gasteiger partial charge in [-0.05, 0) is 19.1 Å².